The highest BCUT2D eigenvalue weighted by Gasteiger charge is 2.44. The fourth-order valence-electron chi connectivity index (χ4n) is 7.64. The van der Waals surface area contributed by atoms with E-state index in [0.29, 0.717) is 5.92 Å². The molecule has 0 aliphatic carbocycles. The first-order chi connectivity index (χ1) is 26.2. The fraction of sp³-hybridized carbons (Fsp3) is 0.286. The molecule has 10 nitrogen and oxygen atoms in total. The van der Waals surface area contributed by atoms with Crippen molar-refractivity contribution in [1.82, 2.24) is 15.1 Å². The summed E-state index contributed by atoms with van der Waals surface area (Å²) in [6.07, 6.45) is 4.42. The molecule has 2 fully saturated rings. The molecule has 3 N–H and O–H groups in total. The predicted molar refractivity (Wildman–Crippen MR) is 212 cm³/mol. The van der Waals surface area contributed by atoms with Crippen LogP contribution in [-0.4, -0.2) is 70.8 Å². The number of amides is 4. The Balaban J connectivity index is 0.801. The summed E-state index contributed by atoms with van der Waals surface area (Å²) < 4.78 is 8.54. The number of phenols is 1. The van der Waals surface area contributed by atoms with Crippen LogP contribution in [0.3, 0.4) is 0 Å². The van der Waals surface area contributed by atoms with Crippen LogP contribution in [0.2, 0.25) is 0 Å². The summed E-state index contributed by atoms with van der Waals surface area (Å²) >= 11 is 5.14. The third-order valence-corrected chi connectivity index (χ3v) is 12.3. The molecule has 4 heterocycles. The topological polar surface area (TPSA) is 128 Å². The van der Waals surface area contributed by atoms with Crippen LogP contribution in [0.15, 0.2) is 89.4 Å². The SMILES string of the molecule is O=C1CCC(N2C(=O)c3ccc(NCCCCN4CCC(c5ccc(Oc6c(-c7ccc(Br)cc7)sc7cc(O)ccc67)cc5)CC4)cc3C2=O)C(=O)N1. The summed E-state index contributed by atoms with van der Waals surface area (Å²) in [5, 5.41) is 16.7. The van der Waals surface area contributed by atoms with Gasteiger partial charge >= 0.3 is 0 Å². The molecule has 2 saturated heterocycles. The summed E-state index contributed by atoms with van der Waals surface area (Å²) in [6, 6.07) is 26.2. The Morgan fingerprint density at radius 3 is 2.37 bits per heavy atom. The van der Waals surface area contributed by atoms with E-state index in [1.54, 1.807) is 41.7 Å². The molecule has 1 unspecified atom stereocenters. The second-order valence-electron chi connectivity index (χ2n) is 14.1. The summed E-state index contributed by atoms with van der Waals surface area (Å²) in [6.45, 7) is 3.85. The molecule has 54 heavy (non-hydrogen) atoms. The summed E-state index contributed by atoms with van der Waals surface area (Å²) in [5.74, 6) is 0.321. The van der Waals surface area contributed by atoms with Crippen molar-refractivity contribution in [3.8, 4) is 27.7 Å². The first kappa shape index (κ1) is 36.0. The number of nitrogens with one attached hydrogen (secondary N) is 2. The average Bonchev–Trinajstić information content (AvgIpc) is 3.64. The number of hydrogen-bond donors (Lipinski definition) is 3. The van der Waals surface area contributed by atoms with E-state index in [1.807, 2.05) is 18.2 Å². The van der Waals surface area contributed by atoms with E-state index in [0.717, 1.165) is 98.9 Å². The van der Waals surface area contributed by atoms with Gasteiger partial charge in [-0.2, -0.15) is 0 Å². The van der Waals surface area contributed by atoms with Crippen LogP contribution in [0.4, 0.5) is 5.69 Å². The molecule has 0 radical (unpaired) electrons. The highest BCUT2D eigenvalue weighted by molar-refractivity contribution is 9.10. The first-order valence-electron chi connectivity index (χ1n) is 18.3. The van der Waals surface area contributed by atoms with Gasteiger partial charge in [0, 0.05) is 33.2 Å². The second kappa shape index (κ2) is 15.4. The number of carbonyl (C=O) groups excluding carboxylic acids is 4. The summed E-state index contributed by atoms with van der Waals surface area (Å²) in [7, 11) is 0. The molecule has 5 aromatic rings. The van der Waals surface area contributed by atoms with E-state index in [-0.39, 0.29) is 29.7 Å². The normalized spacial score (nSPS) is 17.9. The number of piperidine rings is 2. The number of carbonyl (C=O) groups is 4. The van der Waals surface area contributed by atoms with E-state index in [1.165, 1.54) is 5.56 Å². The molecule has 276 valence electrons. The Labute approximate surface area is 325 Å². The lowest BCUT2D eigenvalue weighted by Gasteiger charge is -2.32. The van der Waals surface area contributed by atoms with Crippen molar-refractivity contribution in [2.24, 2.45) is 0 Å². The third kappa shape index (κ3) is 7.38. The van der Waals surface area contributed by atoms with Gasteiger partial charge in [0.05, 0.1) is 16.0 Å². The quantitative estimate of drug-likeness (QED) is 0.0899. The number of hydrogen-bond acceptors (Lipinski definition) is 9. The summed E-state index contributed by atoms with van der Waals surface area (Å²) in [4.78, 5) is 54.5. The van der Waals surface area contributed by atoms with Gasteiger partial charge in [-0.15, -0.1) is 11.3 Å². The van der Waals surface area contributed by atoms with E-state index in [2.05, 4.69) is 67.9 Å². The number of fused-ring (bicyclic) bond motifs is 2. The number of phenolic OH excluding ortho intramolecular Hbond substituents is 1. The lowest BCUT2D eigenvalue weighted by atomic mass is 9.89. The minimum Gasteiger partial charge on any atom is -0.508 e. The Hall–Kier alpha value is -5.04. The third-order valence-electron chi connectivity index (χ3n) is 10.6. The van der Waals surface area contributed by atoms with Gasteiger partial charge in [-0.1, -0.05) is 40.2 Å². The minimum atomic E-state index is -0.967. The monoisotopic (exact) mass is 806 g/mol. The molecule has 1 atom stereocenters. The van der Waals surface area contributed by atoms with E-state index < -0.39 is 29.7 Å². The number of nitrogens with zero attached hydrogens (tertiary/aromatic N) is 2. The number of anilines is 1. The Bertz CT molecular complexity index is 2250. The van der Waals surface area contributed by atoms with Crippen molar-refractivity contribution in [3.05, 3.63) is 106 Å². The lowest BCUT2D eigenvalue weighted by molar-refractivity contribution is -0.136. The number of rotatable bonds is 11. The van der Waals surface area contributed by atoms with Crippen molar-refractivity contribution in [3.63, 3.8) is 0 Å². The molecule has 4 amide bonds. The van der Waals surface area contributed by atoms with Gasteiger partial charge in [0.1, 0.15) is 17.5 Å². The zero-order valence-electron chi connectivity index (χ0n) is 29.5. The van der Waals surface area contributed by atoms with Gasteiger partial charge in [-0.3, -0.25) is 29.4 Å². The average molecular weight is 808 g/mol. The predicted octanol–water partition coefficient (Wildman–Crippen LogP) is 8.30. The molecule has 3 aliphatic heterocycles. The molecule has 0 spiro atoms. The van der Waals surface area contributed by atoms with Gasteiger partial charge in [0.15, 0.2) is 5.75 Å². The van der Waals surface area contributed by atoms with Crippen LogP contribution in [-0.2, 0) is 9.59 Å². The molecular weight excluding hydrogens is 768 g/mol. The zero-order chi connectivity index (χ0) is 37.3. The van der Waals surface area contributed by atoms with Crippen LogP contribution in [0, 0.1) is 0 Å². The van der Waals surface area contributed by atoms with Crippen LogP contribution >= 0.6 is 27.3 Å². The number of unbranched alkanes of at least 4 members (excludes halogenated alkanes) is 1. The van der Waals surface area contributed by atoms with Gasteiger partial charge in [0.25, 0.3) is 11.8 Å². The molecule has 8 rings (SSSR count). The number of halogens is 1. The fourth-order valence-corrected chi connectivity index (χ4v) is 9.08. The molecule has 4 aromatic carbocycles. The molecule has 0 bridgehead atoms. The minimum absolute atomic E-state index is 0.0946. The highest BCUT2D eigenvalue weighted by atomic mass is 79.9. The van der Waals surface area contributed by atoms with Crippen LogP contribution < -0.4 is 15.4 Å². The Morgan fingerprint density at radius 2 is 1.61 bits per heavy atom. The van der Waals surface area contributed by atoms with E-state index >= 15 is 0 Å². The van der Waals surface area contributed by atoms with Crippen molar-refractivity contribution in [2.75, 3.05) is 31.5 Å². The number of ether oxygens (including phenoxy) is 1. The van der Waals surface area contributed by atoms with Crippen molar-refractivity contribution >= 4 is 66.7 Å². The van der Waals surface area contributed by atoms with E-state index in [4.69, 9.17) is 4.74 Å². The standard InChI is InChI=1S/C42H39BrN4O6S/c43-28-7-3-27(4-8-28)39-38(33-14-10-30(48)24-36(33)54-39)53-31-11-5-25(6-12-31)26-17-21-46(22-18-26)20-2-1-19-44-29-9-13-32-34(23-29)42(52)47(41(32)51)35-15-16-37(49)45-40(35)50/h3-14,23-24,26,35,44,48H,1-2,15-22H2,(H,45,49,50). The van der Waals surface area contributed by atoms with Crippen molar-refractivity contribution in [1.29, 1.82) is 0 Å². The van der Waals surface area contributed by atoms with Crippen LogP contribution in [0.25, 0.3) is 20.5 Å². The maximum Gasteiger partial charge on any atom is 0.262 e. The maximum atomic E-state index is 13.1. The largest absolute Gasteiger partial charge is 0.508 e. The Kier molecular flexibility index (Phi) is 10.2. The van der Waals surface area contributed by atoms with Crippen LogP contribution in [0.1, 0.15) is 70.7 Å². The number of benzene rings is 4. The molecule has 1 aromatic heterocycles. The van der Waals surface area contributed by atoms with Gasteiger partial charge in [0.2, 0.25) is 11.8 Å². The van der Waals surface area contributed by atoms with Crippen molar-refractivity contribution in [2.45, 2.75) is 50.5 Å². The van der Waals surface area contributed by atoms with Gasteiger partial charge in [-0.25, -0.2) is 0 Å². The molecular formula is C42H39BrN4O6S. The number of imide groups is 2. The number of thiophene rings is 1. The first-order valence-corrected chi connectivity index (χ1v) is 19.9. The van der Waals surface area contributed by atoms with Gasteiger partial charge < -0.3 is 20.1 Å². The zero-order valence-corrected chi connectivity index (χ0v) is 31.9. The summed E-state index contributed by atoms with van der Waals surface area (Å²) in [5.41, 5.74) is 3.71. The lowest BCUT2D eigenvalue weighted by Crippen LogP contribution is -2.54. The highest BCUT2D eigenvalue weighted by Crippen LogP contribution is 2.47. The van der Waals surface area contributed by atoms with Gasteiger partial charge in [-0.05, 0) is 129 Å². The smallest absolute Gasteiger partial charge is 0.262 e. The second-order valence-corrected chi connectivity index (χ2v) is 16.0. The molecule has 3 aliphatic rings. The molecule has 0 saturated carbocycles. The molecule has 12 heteroatoms. The Morgan fingerprint density at radius 1 is 0.852 bits per heavy atom. The van der Waals surface area contributed by atoms with Crippen LogP contribution in [0.5, 0.6) is 17.2 Å². The number of likely N-dealkylation sites (tertiary alicyclic amines) is 1. The van der Waals surface area contributed by atoms with E-state index in [9.17, 15) is 24.3 Å². The van der Waals surface area contributed by atoms with Crippen molar-refractivity contribution < 1.29 is 29.0 Å². The number of aromatic hydroxyl groups is 1. The maximum absolute atomic E-state index is 13.1.